The first-order valence-electron chi connectivity index (χ1n) is 12.1. The Balaban J connectivity index is 2.52. The normalized spacial score (nSPS) is 14.6. The van der Waals surface area contributed by atoms with Crippen molar-refractivity contribution in [3.05, 3.63) is 63.4 Å². The third-order valence-corrected chi connectivity index (χ3v) is 6.84. The predicted molar refractivity (Wildman–Crippen MR) is 140 cm³/mol. The Bertz CT molecular complexity index is 1400. The maximum Gasteiger partial charge on any atom is 0.166 e. The van der Waals surface area contributed by atoms with E-state index in [2.05, 4.69) is 11.9 Å². The van der Waals surface area contributed by atoms with Crippen molar-refractivity contribution in [1.29, 1.82) is 10.5 Å². The molecule has 35 heavy (non-hydrogen) atoms. The summed E-state index contributed by atoms with van der Waals surface area (Å²) in [7, 11) is 0. The van der Waals surface area contributed by atoms with E-state index < -0.39 is 0 Å². The standard InChI is InChI=1S/C30H31N3O2/c1-7-17(3)30(35)25-14-13-24(27(34)8-2)28-22(19(5)21-9-10-21)11-12-23(29(25)28)20(6)33-26(16-32)18(4)15-31/h11-14,17H,7-10H2,1-6H3/b26-18+,33-20?. The summed E-state index contributed by atoms with van der Waals surface area (Å²) in [6.45, 7) is 11.1. The van der Waals surface area contributed by atoms with Crippen LogP contribution in [0, 0.1) is 28.6 Å². The smallest absolute Gasteiger partial charge is 0.166 e. The second kappa shape index (κ2) is 10.6. The molecule has 0 bridgehead atoms. The molecule has 1 unspecified atom stereocenters. The lowest BCUT2D eigenvalue weighted by molar-refractivity contribution is 0.0927. The number of nitrogens with zero attached hydrogens (tertiary/aromatic N) is 3. The average molecular weight is 466 g/mol. The van der Waals surface area contributed by atoms with Gasteiger partial charge in [-0.3, -0.25) is 9.59 Å². The fourth-order valence-electron chi connectivity index (χ4n) is 4.29. The summed E-state index contributed by atoms with van der Waals surface area (Å²) in [5.74, 6) is -0.157. The SMILES string of the molecule is CCC(=O)c1ccc(C(=O)C(C)CC)c2c(C(C)=N/C(C#N)=C(\C)C#N)ccc(C(C)=C3CC3)c12. The van der Waals surface area contributed by atoms with Crippen LogP contribution in [0.4, 0.5) is 0 Å². The number of ketones is 2. The summed E-state index contributed by atoms with van der Waals surface area (Å²) in [6.07, 6.45) is 3.14. The summed E-state index contributed by atoms with van der Waals surface area (Å²) in [5, 5.41) is 20.3. The van der Waals surface area contributed by atoms with Crippen molar-refractivity contribution in [3.63, 3.8) is 0 Å². The molecule has 2 aromatic rings. The van der Waals surface area contributed by atoms with Gasteiger partial charge >= 0.3 is 0 Å². The zero-order chi connectivity index (χ0) is 25.9. The van der Waals surface area contributed by atoms with Crippen LogP contribution in [-0.4, -0.2) is 17.3 Å². The predicted octanol–water partition coefficient (Wildman–Crippen LogP) is 7.36. The monoisotopic (exact) mass is 465 g/mol. The van der Waals surface area contributed by atoms with Gasteiger partial charge < -0.3 is 0 Å². The first-order chi connectivity index (χ1) is 16.7. The van der Waals surface area contributed by atoms with E-state index in [1.807, 2.05) is 45.0 Å². The van der Waals surface area contributed by atoms with Gasteiger partial charge in [0.25, 0.3) is 0 Å². The van der Waals surface area contributed by atoms with E-state index in [-0.39, 0.29) is 28.8 Å². The van der Waals surface area contributed by atoms with Crippen molar-refractivity contribution in [3.8, 4) is 12.1 Å². The molecule has 0 amide bonds. The van der Waals surface area contributed by atoms with E-state index >= 15 is 0 Å². The van der Waals surface area contributed by atoms with Gasteiger partial charge in [-0.1, -0.05) is 50.6 Å². The molecule has 0 heterocycles. The number of Topliss-reactive ketones (excluding diaryl/α,β-unsaturated/α-hetero) is 2. The number of benzene rings is 2. The van der Waals surface area contributed by atoms with Crippen LogP contribution in [-0.2, 0) is 0 Å². The summed E-state index contributed by atoms with van der Waals surface area (Å²) in [6, 6.07) is 11.5. The minimum atomic E-state index is -0.182. The lowest BCUT2D eigenvalue weighted by Gasteiger charge is -2.19. The van der Waals surface area contributed by atoms with Crippen molar-refractivity contribution < 1.29 is 9.59 Å². The van der Waals surface area contributed by atoms with E-state index in [1.54, 1.807) is 26.0 Å². The first-order valence-corrected chi connectivity index (χ1v) is 12.1. The van der Waals surface area contributed by atoms with Crippen molar-refractivity contribution in [1.82, 2.24) is 0 Å². The molecular formula is C30H31N3O2. The second-order valence-electron chi connectivity index (χ2n) is 9.14. The second-order valence-corrected chi connectivity index (χ2v) is 9.14. The van der Waals surface area contributed by atoms with Gasteiger partial charge in [-0.25, -0.2) is 4.99 Å². The summed E-state index contributed by atoms with van der Waals surface area (Å²) < 4.78 is 0. The molecular weight excluding hydrogens is 434 g/mol. The fourth-order valence-corrected chi connectivity index (χ4v) is 4.29. The number of hydrogen-bond donors (Lipinski definition) is 0. The molecule has 0 aromatic heterocycles. The molecule has 1 atom stereocenters. The van der Waals surface area contributed by atoms with Gasteiger partial charge in [0.2, 0.25) is 0 Å². The summed E-state index contributed by atoms with van der Waals surface area (Å²) >= 11 is 0. The molecule has 1 aliphatic rings. The third-order valence-electron chi connectivity index (χ3n) is 6.84. The van der Waals surface area contributed by atoms with Gasteiger partial charge in [0.15, 0.2) is 17.3 Å². The van der Waals surface area contributed by atoms with Crippen LogP contribution in [0.1, 0.15) is 99.1 Å². The largest absolute Gasteiger partial charge is 0.294 e. The molecule has 0 saturated heterocycles. The molecule has 0 radical (unpaired) electrons. The van der Waals surface area contributed by atoms with E-state index in [0.717, 1.165) is 29.4 Å². The van der Waals surface area contributed by atoms with Crippen LogP contribution < -0.4 is 0 Å². The van der Waals surface area contributed by atoms with Gasteiger partial charge in [-0.2, -0.15) is 10.5 Å². The van der Waals surface area contributed by atoms with Crippen LogP contribution >= 0.6 is 0 Å². The van der Waals surface area contributed by atoms with E-state index in [0.29, 0.717) is 40.6 Å². The molecule has 0 N–H and O–H groups in total. The number of rotatable bonds is 8. The Kier molecular flexibility index (Phi) is 7.82. The molecule has 0 aliphatic heterocycles. The lowest BCUT2D eigenvalue weighted by atomic mass is 9.83. The first kappa shape index (κ1) is 25.8. The van der Waals surface area contributed by atoms with Crippen LogP contribution in [0.5, 0.6) is 0 Å². The third kappa shape index (κ3) is 5.00. The average Bonchev–Trinajstić information content (AvgIpc) is 3.73. The molecule has 178 valence electrons. The number of fused-ring (bicyclic) bond motifs is 1. The van der Waals surface area contributed by atoms with Crippen molar-refractivity contribution in [2.24, 2.45) is 10.9 Å². The van der Waals surface area contributed by atoms with Crippen LogP contribution in [0.3, 0.4) is 0 Å². The minimum absolute atomic E-state index is 0.0112. The number of allylic oxidation sites excluding steroid dienone is 4. The van der Waals surface area contributed by atoms with Crippen LogP contribution in [0.25, 0.3) is 16.3 Å². The molecule has 2 aromatic carbocycles. The van der Waals surface area contributed by atoms with Gasteiger partial charge in [0.05, 0.1) is 11.6 Å². The van der Waals surface area contributed by atoms with Gasteiger partial charge in [-0.05, 0) is 51.2 Å². The van der Waals surface area contributed by atoms with E-state index in [4.69, 9.17) is 0 Å². The van der Waals surface area contributed by atoms with Crippen LogP contribution in [0.2, 0.25) is 0 Å². The molecule has 3 rings (SSSR count). The zero-order valence-corrected chi connectivity index (χ0v) is 21.4. The van der Waals surface area contributed by atoms with Gasteiger partial charge in [-0.15, -0.1) is 0 Å². The lowest BCUT2D eigenvalue weighted by Crippen LogP contribution is -2.14. The molecule has 0 spiro atoms. The number of hydrogen-bond acceptors (Lipinski definition) is 5. The highest BCUT2D eigenvalue weighted by Crippen LogP contribution is 2.41. The number of carbonyl (C=O) groups excluding carboxylic acids is 2. The molecule has 1 fully saturated rings. The Morgan fingerprint density at radius 2 is 1.49 bits per heavy atom. The highest BCUT2D eigenvalue weighted by molar-refractivity contribution is 6.24. The van der Waals surface area contributed by atoms with Gasteiger partial charge in [0.1, 0.15) is 6.07 Å². The minimum Gasteiger partial charge on any atom is -0.294 e. The number of nitriles is 2. The Morgan fingerprint density at radius 1 is 0.914 bits per heavy atom. The van der Waals surface area contributed by atoms with Crippen molar-refractivity contribution in [2.45, 2.75) is 67.2 Å². The summed E-state index contributed by atoms with van der Waals surface area (Å²) in [4.78, 5) is 31.1. The number of carbonyl (C=O) groups is 2. The number of aliphatic imine (C=N–C) groups is 1. The topological polar surface area (TPSA) is 94.1 Å². The molecule has 5 nitrogen and oxygen atoms in total. The highest BCUT2D eigenvalue weighted by Gasteiger charge is 2.26. The highest BCUT2D eigenvalue weighted by atomic mass is 16.1. The van der Waals surface area contributed by atoms with Gasteiger partial charge in [0, 0.05) is 45.5 Å². The Morgan fingerprint density at radius 3 is 2.03 bits per heavy atom. The maximum atomic E-state index is 13.5. The van der Waals surface area contributed by atoms with Crippen LogP contribution in [0.15, 0.2) is 46.1 Å². The fraction of sp³-hybridized carbons (Fsp3) is 0.367. The molecule has 5 heteroatoms. The maximum absolute atomic E-state index is 13.5. The summed E-state index contributed by atoms with van der Waals surface area (Å²) in [5.41, 5.74) is 6.08. The molecule has 1 aliphatic carbocycles. The van der Waals surface area contributed by atoms with E-state index in [1.165, 1.54) is 5.57 Å². The molecule has 1 saturated carbocycles. The Hall–Kier alpha value is -3.83. The van der Waals surface area contributed by atoms with E-state index in [9.17, 15) is 20.1 Å². The Labute approximate surface area is 207 Å². The zero-order valence-electron chi connectivity index (χ0n) is 21.4. The quantitative estimate of drug-likeness (QED) is 0.231. The van der Waals surface area contributed by atoms with Crippen molar-refractivity contribution >= 4 is 33.6 Å². The van der Waals surface area contributed by atoms with Crippen molar-refractivity contribution in [2.75, 3.05) is 0 Å².